The highest BCUT2D eigenvalue weighted by atomic mass is 32.2. The molecule has 1 aliphatic rings. The van der Waals surface area contributed by atoms with Gasteiger partial charge in [0, 0.05) is 29.8 Å². The highest BCUT2D eigenvalue weighted by Crippen LogP contribution is 2.51. The first-order valence-electron chi connectivity index (χ1n) is 13.3. The summed E-state index contributed by atoms with van der Waals surface area (Å²) < 4.78 is 34.9. The van der Waals surface area contributed by atoms with Gasteiger partial charge in [0.15, 0.2) is 11.3 Å². The van der Waals surface area contributed by atoms with Crippen LogP contribution in [0.4, 0.5) is 10.5 Å². The zero-order valence-corrected chi connectivity index (χ0v) is 23.4. The number of ether oxygens (including phenoxy) is 1. The van der Waals surface area contributed by atoms with Crippen LogP contribution in [-0.4, -0.2) is 48.2 Å². The Labute approximate surface area is 239 Å². The fraction of sp³-hybridized carbons (Fsp3) is 0.286. The molecule has 216 valence electrons. The molecule has 1 N–H and O–H groups in total. The number of aromatic nitrogens is 5. The molecular formula is C28H26N6O7S. The molecule has 3 heterocycles. The minimum absolute atomic E-state index is 0.0599. The molecule has 2 unspecified atom stereocenters. The number of fused-ring (bicyclic) bond motifs is 3. The second kappa shape index (κ2) is 10.2. The third-order valence-electron chi connectivity index (χ3n) is 8.03. The maximum absolute atomic E-state index is 13.5. The fourth-order valence-corrected chi connectivity index (χ4v) is 7.31. The van der Waals surface area contributed by atoms with Crippen molar-refractivity contribution in [2.75, 3.05) is 0 Å². The molecule has 2 aromatic carbocycles. The number of nitro groups is 1. The van der Waals surface area contributed by atoms with Gasteiger partial charge in [-0.2, -0.15) is 0 Å². The van der Waals surface area contributed by atoms with E-state index in [1.54, 1.807) is 34.7 Å². The zero-order valence-electron chi connectivity index (χ0n) is 22.6. The molecule has 0 radical (unpaired) electrons. The van der Waals surface area contributed by atoms with Crippen LogP contribution in [0.15, 0.2) is 65.8 Å². The quantitative estimate of drug-likeness (QED) is 0.114. The van der Waals surface area contributed by atoms with Gasteiger partial charge in [-0.05, 0) is 55.9 Å². The maximum Gasteiger partial charge on any atom is 0.511 e. The van der Waals surface area contributed by atoms with Gasteiger partial charge in [0.25, 0.3) is 15.7 Å². The van der Waals surface area contributed by atoms with Crippen molar-refractivity contribution in [1.29, 1.82) is 0 Å². The second-order valence-electron chi connectivity index (χ2n) is 10.4. The lowest BCUT2D eigenvalue weighted by Crippen LogP contribution is -2.13. The van der Waals surface area contributed by atoms with Gasteiger partial charge in [0.05, 0.1) is 21.5 Å². The van der Waals surface area contributed by atoms with E-state index in [1.165, 1.54) is 30.6 Å². The molecular weight excluding hydrogens is 564 g/mol. The van der Waals surface area contributed by atoms with Gasteiger partial charge >= 0.3 is 6.16 Å². The third-order valence-corrected chi connectivity index (χ3v) is 9.71. The first-order chi connectivity index (χ1) is 20.1. The molecule has 0 bridgehead atoms. The number of hydrogen-bond acceptors (Lipinski definition) is 9. The van der Waals surface area contributed by atoms with Crippen molar-refractivity contribution in [1.82, 2.24) is 23.6 Å². The van der Waals surface area contributed by atoms with Gasteiger partial charge < -0.3 is 9.84 Å². The van der Waals surface area contributed by atoms with Gasteiger partial charge in [0.2, 0.25) is 0 Å². The summed E-state index contributed by atoms with van der Waals surface area (Å²) in [4.78, 5) is 26.9. The summed E-state index contributed by atoms with van der Waals surface area (Å²) >= 11 is 0. The molecule has 42 heavy (non-hydrogen) atoms. The minimum Gasteiger partial charge on any atom is -0.449 e. The molecule has 3 aromatic heterocycles. The molecule has 0 aliphatic heterocycles. The molecule has 13 nitrogen and oxygen atoms in total. The molecule has 5 aromatic rings. The lowest BCUT2D eigenvalue weighted by Gasteiger charge is -2.16. The summed E-state index contributed by atoms with van der Waals surface area (Å²) in [5.74, 6) is 0.356. The Morgan fingerprint density at radius 2 is 1.90 bits per heavy atom. The molecule has 0 saturated heterocycles. The number of benzene rings is 2. The number of rotatable bonds is 7. The monoisotopic (exact) mass is 590 g/mol. The van der Waals surface area contributed by atoms with Crippen LogP contribution in [-0.2, 0) is 10.0 Å². The zero-order chi connectivity index (χ0) is 29.8. The molecule has 1 aliphatic carbocycles. The van der Waals surface area contributed by atoms with E-state index in [-0.39, 0.29) is 39.7 Å². The van der Waals surface area contributed by atoms with Gasteiger partial charge in [-0.1, -0.05) is 31.0 Å². The van der Waals surface area contributed by atoms with Gasteiger partial charge in [0.1, 0.15) is 11.6 Å². The first kappa shape index (κ1) is 27.3. The molecule has 1 fully saturated rings. The van der Waals surface area contributed by atoms with E-state index in [0.29, 0.717) is 35.4 Å². The van der Waals surface area contributed by atoms with E-state index in [4.69, 9.17) is 4.74 Å². The standard InChI is InChI=1S/C28H26N6O7S/c1-3-17-12-18(21-14-19(34(37)38)6-9-24(21)41-28(35)36)13-22(17)26-31-30-25-15-29-27-23(33(25)26)10-11-32(27)42(39,40)20-7-4-16(2)5-8-20/h4-11,14-15,17-18,22H,3,12-13H2,1-2H3,(H,35,36)/t17-,18?,22?/m1/s1. The van der Waals surface area contributed by atoms with Crippen LogP contribution in [0, 0.1) is 23.0 Å². The van der Waals surface area contributed by atoms with Gasteiger partial charge in [-0.25, -0.2) is 22.2 Å². The van der Waals surface area contributed by atoms with E-state index in [0.717, 1.165) is 16.0 Å². The van der Waals surface area contributed by atoms with Gasteiger partial charge in [-0.15, -0.1) is 10.2 Å². The van der Waals surface area contributed by atoms with Crippen LogP contribution in [0.3, 0.4) is 0 Å². The summed E-state index contributed by atoms with van der Waals surface area (Å²) in [6.45, 7) is 3.91. The van der Waals surface area contributed by atoms with Crippen molar-refractivity contribution >= 4 is 38.7 Å². The summed E-state index contributed by atoms with van der Waals surface area (Å²) in [5, 5.41) is 29.5. The topological polar surface area (TPSA) is 172 Å². The van der Waals surface area contributed by atoms with E-state index >= 15 is 0 Å². The number of aryl methyl sites for hydroxylation is 1. The summed E-state index contributed by atoms with van der Waals surface area (Å²) in [5.41, 5.74) is 2.42. The number of non-ortho nitro benzene ring substituents is 1. The lowest BCUT2D eigenvalue weighted by atomic mass is 9.93. The Hall–Kier alpha value is -4.85. The Morgan fingerprint density at radius 1 is 1.14 bits per heavy atom. The van der Waals surface area contributed by atoms with E-state index < -0.39 is 21.1 Å². The van der Waals surface area contributed by atoms with Crippen molar-refractivity contribution < 1.29 is 28.0 Å². The predicted molar refractivity (Wildman–Crippen MR) is 150 cm³/mol. The Bertz CT molecular complexity index is 1970. The number of carbonyl (C=O) groups is 1. The van der Waals surface area contributed by atoms with Crippen LogP contribution < -0.4 is 4.74 Å². The molecule has 14 heteroatoms. The first-order valence-corrected chi connectivity index (χ1v) is 14.7. The molecule has 0 amide bonds. The third kappa shape index (κ3) is 4.53. The highest BCUT2D eigenvalue weighted by Gasteiger charge is 2.39. The Morgan fingerprint density at radius 3 is 2.60 bits per heavy atom. The summed E-state index contributed by atoms with van der Waals surface area (Å²) in [7, 11) is -3.93. The van der Waals surface area contributed by atoms with Crippen LogP contribution in [0.25, 0.3) is 16.8 Å². The van der Waals surface area contributed by atoms with Crippen molar-refractivity contribution in [3.8, 4) is 5.75 Å². The number of nitrogens with zero attached hydrogens (tertiary/aromatic N) is 6. The molecule has 0 spiro atoms. The molecule has 3 atom stereocenters. The van der Waals surface area contributed by atoms with Crippen molar-refractivity contribution in [3.05, 3.63) is 88.0 Å². The Kier molecular flexibility index (Phi) is 6.64. The van der Waals surface area contributed by atoms with Crippen molar-refractivity contribution in [2.24, 2.45) is 5.92 Å². The second-order valence-corrected chi connectivity index (χ2v) is 12.3. The normalized spacial score (nSPS) is 19.0. The fourth-order valence-electron chi connectivity index (χ4n) is 6.01. The van der Waals surface area contributed by atoms with E-state index in [9.17, 15) is 28.4 Å². The van der Waals surface area contributed by atoms with Gasteiger partial charge in [-0.3, -0.25) is 14.5 Å². The maximum atomic E-state index is 13.5. The van der Waals surface area contributed by atoms with Crippen molar-refractivity contribution in [2.45, 2.75) is 49.8 Å². The lowest BCUT2D eigenvalue weighted by molar-refractivity contribution is -0.385. The minimum atomic E-state index is -3.93. The van der Waals surface area contributed by atoms with E-state index in [1.807, 2.05) is 13.8 Å². The SMILES string of the molecule is CC[C@@H]1CC(c2cc([N+](=O)[O-])ccc2OC(=O)O)CC1c1nnc2cnc3c(ccn3S(=O)(=O)c3ccc(C)cc3)n12. The smallest absolute Gasteiger partial charge is 0.449 e. The van der Waals surface area contributed by atoms with Crippen LogP contribution in [0.2, 0.25) is 0 Å². The largest absolute Gasteiger partial charge is 0.511 e. The van der Waals surface area contributed by atoms with Crippen LogP contribution in [0.1, 0.15) is 55.0 Å². The number of carboxylic acid groups (broad SMARTS) is 1. The number of nitro benzene ring substituents is 1. The van der Waals surface area contributed by atoms with Crippen LogP contribution >= 0.6 is 0 Å². The average molecular weight is 591 g/mol. The molecule has 1 saturated carbocycles. The summed E-state index contributed by atoms with van der Waals surface area (Å²) in [6.07, 6.45) is 3.32. The van der Waals surface area contributed by atoms with E-state index in [2.05, 4.69) is 15.2 Å². The van der Waals surface area contributed by atoms with Crippen LogP contribution in [0.5, 0.6) is 5.75 Å². The predicted octanol–water partition coefficient (Wildman–Crippen LogP) is 5.28. The van der Waals surface area contributed by atoms with Crippen molar-refractivity contribution in [3.63, 3.8) is 0 Å². The molecule has 6 rings (SSSR count). The summed E-state index contributed by atoms with van der Waals surface area (Å²) in [6, 6.07) is 12.2. The average Bonchev–Trinajstić information content (AvgIpc) is 3.69. The highest BCUT2D eigenvalue weighted by molar-refractivity contribution is 7.90. The Balaban J connectivity index is 1.43. The number of hydrogen-bond donors (Lipinski definition) is 1.